The predicted molar refractivity (Wildman–Crippen MR) is 81.8 cm³/mol. The average Bonchev–Trinajstić information content (AvgIpc) is 2.49. The highest BCUT2D eigenvalue weighted by molar-refractivity contribution is 9.10. The molecule has 0 saturated carbocycles. The largest absolute Gasteiger partial charge is 0.493 e. The summed E-state index contributed by atoms with van der Waals surface area (Å²) in [4.78, 5) is 0. The van der Waals surface area contributed by atoms with Gasteiger partial charge in [0.2, 0.25) is 0 Å². The van der Waals surface area contributed by atoms with Gasteiger partial charge in [-0.1, -0.05) is 18.2 Å². The molecule has 1 aliphatic rings. The number of nitrogens with one attached hydrogen (secondary N) is 1. The fourth-order valence-electron chi connectivity index (χ4n) is 2.38. The van der Waals surface area contributed by atoms with Gasteiger partial charge >= 0.3 is 0 Å². The number of nitrogens with zero attached hydrogens (tertiary/aromatic N) is 1. The average molecular weight is 329 g/mol. The Hall–Kier alpha value is -1.99. The van der Waals surface area contributed by atoms with Gasteiger partial charge in [0.05, 0.1) is 24.3 Å². The lowest BCUT2D eigenvalue weighted by Crippen LogP contribution is -2.20. The van der Waals surface area contributed by atoms with Gasteiger partial charge in [0.25, 0.3) is 0 Å². The maximum atomic E-state index is 8.90. The fraction of sp³-hybridized carbons (Fsp3) is 0.188. The summed E-state index contributed by atoms with van der Waals surface area (Å²) in [5.74, 6) is 0.945. The molecule has 4 heteroatoms. The third-order valence-corrected chi connectivity index (χ3v) is 4.04. The molecule has 3 nitrogen and oxygen atoms in total. The predicted octanol–water partition coefficient (Wildman–Crippen LogP) is 4.26. The van der Waals surface area contributed by atoms with E-state index in [2.05, 4.69) is 33.4 Å². The van der Waals surface area contributed by atoms with E-state index < -0.39 is 0 Å². The first-order valence-electron chi connectivity index (χ1n) is 6.46. The molecular weight excluding hydrogens is 316 g/mol. The number of hydrogen-bond acceptors (Lipinski definition) is 3. The summed E-state index contributed by atoms with van der Waals surface area (Å²) in [5.41, 5.74) is 2.82. The van der Waals surface area contributed by atoms with Crippen LogP contribution >= 0.6 is 15.9 Å². The van der Waals surface area contributed by atoms with Crippen molar-refractivity contribution in [1.82, 2.24) is 0 Å². The number of benzene rings is 2. The van der Waals surface area contributed by atoms with E-state index in [9.17, 15) is 0 Å². The first kappa shape index (κ1) is 13.0. The summed E-state index contributed by atoms with van der Waals surface area (Å²) in [5, 5.41) is 12.4. The number of rotatable bonds is 2. The molecule has 100 valence electrons. The molecule has 1 unspecified atom stereocenters. The summed E-state index contributed by atoms with van der Waals surface area (Å²) >= 11 is 3.51. The minimum atomic E-state index is 0.226. The Balaban J connectivity index is 1.88. The van der Waals surface area contributed by atoms with E-state index in [4.69, 9.17) is 10.00 Å². The van der Waals surface area contributed by atoms with Gasteiger partial charge in [-0.2, -0.15) is 5.26 Å². The molecule has 3 rings (SSSR count). The molecule has 0 fully saturated rings. The first-order chi connectivity index (χ1) is 9.78. The van der Waals surface area contributed by atoms with E-state index in [0.29, 0.717) is 12.2 Å². The zero-order chi connectivity index (χ0) is 13.9. The van der Waals surface area contributed by atoms with E-state index in [1.165, 1.54) is 5.56 Å². The van der Waals surface area contributed by atoms with E-state index >= 15 is 0 Å². The quantitative estimate of drug-likeness (QED) is 0.895. The molecule has 20 heavy (non-hydrogen) atoms. The van der Waals surface area contributed by atoms with Crippen molar-refractivity contribution in [3.8, 4) is 11.8 Å². The maximum absolute atomic E-state index is 8.90. The molecule has 2 aromatic carbocycles. The van der Waals surface area contributed by atoms with Gasteiger partial charge in [-0.15, -0.1) is 0 Å². The van der Waals surface area contributed by atoms with Crippen LogP contribution in [-0.2, 0) is 0 Å². The van der Waals surface area contributed by atoms with Crippen molar-refractivity contribution in [2.24, 2.45) is 0 Å². The molecule has 0 aromatic heterocycles. The van der Waals surface area contributed by atoms with Crippen molar-refractivity contribution >= 4 is 21.6 Å². The van der Waals surface area contributed by atoms with Crippen LogP contribution in [0.3, 0.4) is 0 Å². The van der Waals surface area contributed by atoms with Crippen LogP contribution < -0.4 is 10.1 Å². The zero-order valence-corrected chi connectivity index (χ0v) is 12.4. The lowest BCUT2D eigenvalue weighted by Gasteiger charge is -2.27. The van der Waals surface area contributed by atoms with Crippen molar-refractivity contribution < 1.29 is 4.74 Å². The summed E-state index contributed by atoms with van der Waals surface area (Å²) in [6, 6.07) is 16.0. The Morgan fingerprint density at radius 3 is 2.90 bits per heavy atom. The van der Waals surface area contributed by atoms with Gasteiger partial charge < -0.3 is 10.1 Å². The Morgan fingerprint density at radius 1 is 1.25 bits per heavy atom. The highest BCUT2D eigenvalue weighted by Gasteiger charge is 2.21. The number of ether oxygens (including phenoxy) is 1. The van der Waals surface area contributed by atoms with Crippen molar-refractivity contribution in [2.45, 2.75) is 12.5 Å². The Kier molecular flexibility index (Phi) is 3.62. The normalized spacial score (nSPS) is 16.7. The zero-order valence-electron chi connectivity index (χ0n) is 10.8. The van der Waals surface area contributed by atoms with Crippen LogP contribution in [0, 0.1) is 11.3 Å². The summed E-state index contributed by atoms with van der Waals surface area (Å²) < 4.78 is 6.57. The molecule has 1 atom stereocenters. The second-order valence-corrected chi connectivity index (χ2v) is 5.53. The van der Waals surface area contributed by atoms with Crippen molar-refractivity contribution in [2.75, 3.05) is 11.9 Å². The highest BCUT2D eigenvalue weighted by atomic mass is 79.9. The third-order valence-electron chi connectivity index (χ3n) is 3.39. The van der Waals surface area contributed by atoms with Crippen LogP contribution in [0.1, 0.15) is 23.6 Å². The second-order valence-electron chi connectivity index (χ2n) is 4.68. The fourth-order valence-corrected chi connectivity index (χ4v) is 2.87. The van der Waals surface area contributed by atoms with Crippen LogP contribution in [0.25, 0.3) is 0 Å². The number of fused-ring (bicyclic) bond motifs is 1. The minimum absolute atomic E-state index is 0.226. The number of para-hydroxylation sites is 1. The molecule has 1 aliphatic heterocycles. The summed E-state index contributed by atoms with van der Waals surface area (Å²) in [6.07, 6.45) is 0.920. The second kappa shape index (κ2) is 5.56. The monoisotopic (exact) mass is 328 g/mol. The van der Waals surface area contributed by atoms with Gasteiger partial charge in [0.15, 0.2) is 0 Å². The molecule has 0 saturated heterocycles. The molecule has 1 heterocycles. The van der Waals surface area contributed by atoms with Gasteiger partial charge in [-0.3, -0.25) is 0 Å². The van der Waals surface area contributed by atoms with Crippen LogP contribution in [0.15, 0.2) is 46.9 Å². The van der Waals surface area contributed by atoms with Gasteiger partial charge in [0.1, 0.15) is 5.75 Å². The van der Waals surface area contributed by atoms with E-state index in [0.717, 1.165) is 22.3 Å². The Labute approximate surface area is 126 Å². The van der Waals surface area contributed by atoms with Crippen LogP contribution in [-0.4, -0.2) is 6.61 Å². The molecule has 0 aliphatic carbocycles. The summed E-state index contributed by atoms with van der Waals surface area (Å²) in [7, 11) is 0. The van der Waals surface area contributed by atoms with Crippen molar-refractivity contribution in [1.29, 1.82) is 5.26 Å². The van der Waals surface area contributed by atoms with Gasteiger partial charge in [0, 0.05) is 22.1 Å². The molecular formula is C16H13BrN2O. The lowest BCUT2D eigenvalue weighted by atomic mass is 10.0. The van der Waals surface area contributed by atoms with Crippen LogP contribution in [0.4, 0.5) is 5.69 Å². The van der Waals surface area contributed by atoms with Crippen molar-refractivity contribution in [3.63, 3.8) is 0 Å². The molecule has 0 amide bonds. The number of halogens is 1. The van der Waals surface area contributed by atoms with Crippen molar-refractivity contribution in [3.05, 3.63) is 58.1 Å². The first-order valence-corrected chi connectivity index (χ1v) is 7.25. The standard InChI is InChI=1S/C16H13BrN2O/c17-13-9-11(10-18)5-6-15(13)19-14-7-8-20-16-4-2-1-3-12(14)16/h1-6,9,14,19H,7-8H2. The van der Waals surface area contributed by atoms with E-state index in [1.807, 2.05) is 36.4 Å². The SMILES string of the molecule is N#Cc1ccc(NC2CCOc3ccccc32)c(Br)c1. The molecule has 1 N–H and O–H groups in total. The lowest BCUT2D eigenvalue weighted by molar-refractivity contribution is 0.274. The Morgan fingerprint density at radius 2 is 2.10 bits per heavy atom. The molecule has 0 radical (unpaired) electrons. The third kappa shape index (κ3) is 2.50. The molecule has 0 bridgehead atoms. The topological polar surface area (TPSA) is 45.0 Å². The molecule has 0 spiro atoms. The van der Waals surface area contributed by atoms with Crippen LogP contribution in [0.5, 0.6) is 5.75 Å². The number of hydrogen-bond donors (Lipinski definition) is 1. The van der Waals surface area contributed by atoms with Crippen LogP contribution in [0.2, 0.25) is 0 Å². The summed E-state index contributed by atoms with van der Waals surface area (Å²) in [6.45, 7) is 0.711. The van der Waals surface area contributed by atoms with E-state index in [-0.39, 0.29) is 6.04 Å². The number of nitriles is 1. The van der Waals surface area contributed by atoms with E-state index in [1.54, 1.807) is 0 Å². The smallest absolute Gasteiger partial charge is 0.124 e. The number of anilines is 1. The highest BCUT2D eigenvalue weighted by Crippen LogP contribution is 2.35. The minimum Gasteiger partial charge on any atom is -0.493 e. The van der Waals surface area contributed by atoms with Gasteiger partial charge in [-0.25, -0.2) is 0 Å². The Bertz CT molecular complexity index is 678. The maximum Gasteiger partial charge on any atom is 0.124 e. The molecule has 2 aromatic rings. The van der Waals surface area contributed by atoms with Gasteiger partial charge in [-0.05, 0) is 40.2 Å².